The lowest BCUT2D eigenvalue weighted by molar-refractivity contribution is -0.143. The maximum Gasteiger partial charge on any atom is 0.433 e. The second-order valence-electron chi connectivity index (χ2n) is 9.08. The van der Waals surface area contributed by atoms with Gasteiger partial charge in [-0.1, -0.05) is 70.1 Å². The van der Waals surface area contributed by atoms with Gasteiger partial charge in [0.15, 0.2) is 11.4 Å². The van der Waals surface area contributed by atoms with Crippen molar-refractivity contribution in [2.75, 3.05) is 5.32 Å². The van der Waals surface area contributed by atoms with Gasteiger partial charge >= 0.3 is 18.3 Å². The van der Waals surface area contributed by atoms with E-state index in [4.69, 9.17) is 63.1 Å². The third kappa shape index (κ3) is 8.51. The van der Waals surface area contributed by atoms with Crippen LogP contribution in [-0.2, 0) is 12.4 Å². The molecule has 2 aromatic heterocycles. The lowest BCUT2D eigenvalue weighted by Gasteiger charge is -2.10. The molecule has 0 fully saturated rings. The van der Waals surface area contributed by atoms with Gasteiger partial charge in [-0.15, -0.1) is 0 Å². The third-order valence-electron chi connectivity index (χ3n) is 5.87. The number of carbonyl (C=O) groups is 2. The number of hydrogen-bond donors (Lipinski definition) is 2. The Kier molecular flexibility index (Phi) is 10.7. The van der Waals surface area contributed by atoms with E-state index in [1.165, 1.54) is 42.5 Å². The number of halogens is 11. The van der Waals surface area contributed by atoms with Crippen molar-refractivity contribution in [2.45, 2.75) is 12.4 Å². The average Bonchev–Trinajstić information content (AvgIpc) is 3.64. The molecular weight excluding hydrogens is 746 g/mol. The molecule has 0 saturated carbocycles. The van der Waals surface area contributed by atoms with Gasteiger partial charge in [0, 0.05) is 12.1 Å². The maximum atomic E-state index is 13.4. The maximum absolute atomic E-state index is 13.4. The van der Waals surface area contributed by atoms with E-state index in [0.29, 0.717) is 21.5 Å². The largest absolute Gasteiger partial charge is 0.476 e. The van der Waals surface area contributed by atoms with Crippen molar-refractivity contribution in [3.8, 4) is 11.4 Å². The zero-order valence-electron chi connectivity index (χ0n) is 22.6. The summed E-state index contributed by atoms with van der Waals surface area (Å²) >= 11 is 29.0. The number of alkyl halides is 6. The highest BCUT2D eigenvalue weighted by atomic mass is 35.5. The molecule has 1 amide bonds. The number of para-hydroxylation sites is 1. The van der Waals surface area contributed by atoms with E-state index >= 15 is 0 Å². The molecular formula is C28H14Cl5F6N5O3. The van der Waals surface area contributed by atoms with Crippen LogP contribution in [0.15, 0.2) is 72.8 Å². The number of rotatable bonds is 5. The summed E-state index contributed by atoms with van der Waals surface area (Å²) in [7, 11) is 0. The van der Waals surface area contributed by atoms with Crippen molar-refractivity contribution >= 4 is 75.6 Å². The summed E-state index contributed by atoms with van der Waals surface area (Å²) in [6.45, 7) is 0. The Morgan fingerprint density at radius 1 is 0.617 bits per heavy atom. The molecule has 0 bridgehead atoms. The molecule has 0 aliphatic heterocycles. The molecule has 246 valence electrons. The fourth-order valence-corrected chi connectivity index (χ4v) is 4.53. The second kappa shape index (κ2) is 14.0. The molecule has 0 atom stereocenters. The molecule has 0 aliphatic rings. The third-order valence-corrected chi connectivity index (χ3v) is 7.68. The first-order valence-electron chi connectivity index (χ1n) is 12.4. The molecule has 8 nitrogen and oxygen atoms in total. The second-order valence-corrected chi connectivity index (χ2v) is 11.1. The summed E-state index contributed by atoms with van der Waals surface area (Å²) in [6, 6.07) is 15.0. The Balaban J connectivity index is 0.000000223. The number of carboxylic acids is 1. The molecule has 0 aliphatic carbocycles. The van der Waals surface area contributed by atoms with E-state index in [0.717, 1.165) is 6.07 Å². The molecule has 0 saturated heterocycles. The van der Waals surface area contributed by atoms with E-state index in [-0.39, 0.29) is 42.2 Å². The summed E-state index contributed by atoms with van der Waals surface area (Å²) in [5.74, 6) is -2.40. The fourth-order valence-electron chi connectivity index (χ4n) is 3.76. The predicted molar refractivity (Wildman–Crippen MR) is 164 cm³/mol. The van der Waals surface area contributed by atoms with Crippen LogP contribution in [0.25, 0.3) is 11.4 Å². The minimum absolute atomic E-state index is 0.00789. The Bertz CT molecular complexity index is 1980. The SMILES string of the molecule is O=C(Nc1ccccc1Cl)c1cc(C(F)(F)F)n(-c2ccc(Cl)c(Cl)c2)n1.O=C(O)c1cc(C(F)(F)F)n(-c2ccc(Cl)c(Cl)c2)n1. The minimum atomic E-state index is -4.76. The van der Waals surface area contributed by atoms with Gasteiger partial charge in [-0.3, -0.25) is 4.79 Å². The van der Waals surface area contributed by atoms with Gasteiger partial charge in [-0.25, -0.2) is 14.2 Å². The normalized spacial score (nSPS) is 11.6. The standard InChI is InChI=1S/C17H9Cl3F3N3O.C11H5Cl2F3N2O2/c18-10-6-5-9(7-12(10)20)26-15(17(21,22)23)8-14(25-26)16(27)24-13-4-2-1-3-11(13)19;12-6-2-1-5(3-7(6)13)18-9(11(14,15)16)4-8(17-18)10(19)20/h1-8H,(H,24,27);1-4H,(H,19,20). The number of aromatic carboxylic acids is 1. The first-order chi connectivity index (χ1) is 21.9. The van der Waals surface area contributed by atoms with Crippen LogP contribution in [0.4, 0.5) is 32.0 Å². The quantitative estimate of drug-likeness (QED) is 0.174. The van der Waals surface area contributed by atoms with Crippen molar-refractivity contribution < 1.29 is 41.0 Å². The van der Waals surface area contributed by atoms with Crippen LogP contribution >= 0.6 is 58.0 Å². The number of aromatic nitrogens is 4. The number of amides is 1. The molecule has 0 radical (unpaired) electrons. The molecule has 5 aromatic rings. The van der Waals surface area contributed by atoms with E-state index < -0.39 is 47.0 Å². The highest BCUT2D eigenvalue weighted by molar-refractivity contribution is 6.42. The fraction of sp³-hybridized carbons (Fsp3) is 0.0714. The lowest BCUT2D eigenvalue weighted by atomic mass is 10.3. The predicted octanol–water partition coefficient (Wildman–Crippen LogP) is 10.00. The Morgan fingerprint density at radius 2 is 1.06 bits per heavy atom. The van der Waals surface area contributed by atoms with Crippen molar-refractivity contribution in [3.63, 3.8) is 0 Å². The highest BCUT2D eigenvalue weighted by Gasteiger charge is 2.38. The van der Waals surface area contributed by atoms with E-state index in [1.807, 2.05) is 0 Å². The first kappa shape index (κ1) is 35.9. The van der Waals surface area contributed by atoms with Crippen molar-refractivity contribution in [1.29, 1.82) is 0 Å². The van der Waals surface area contributed by atoms with Crippen LogP contribution in [0.5, 0.6) is 0 Å². The molecule has 2 heterocycles. The number of benzene rings is 3. The number of anilines is 1. The number of nitrogens with zero attached hydrogens (tertiary/aromatic N) is 4. The number of carboxylic acid groups (broad SMARTS) is 1. The summed E-state index contributed by atoms with van der Waals surface area (Å²) in [5.41, 5.74) is -3.29. The van der Waals surface area contributed by atoms with Crippen molar-refractivity contribution in [2.24, 2.45) is 0 Å². The molecule has 0 spiro atoms. The van der Waals surface area contributed by atoms with Gasteiger partial charge in [-0.05, 0) is 48.5 Å². The van der Waals surface area contributed by atoms with Crippen molar-refractivity contribution in [3.05, 3.63) is 121 Å². The number of nitrogens with one attached hydrogen (secondary N) is 1. The van der Waals surface area contributed by atoms with E-state index in [2.05, 4.69) is 15.5 Å². The first-order valence-corrected chi connectivity index (χ1v) is 14.3. The van der Waals surface area contributed by atoms with Gasteiger partial charge in [0.05, 0.1) is 42.2 Å². The summed E-state index contributed by atoms with van der Waals surface area (Å²) < 4.78 is 79.9. The topological polar surface area (TPSA) is 102 Å². The molecule has 5 rings (SSSR count). The molecule has 3 aromatic carbocycles. The zero-order chi connectivity index (χ0) is 34.8. The van der Waals surface area contributed by atoms with Crippen LogP contribution in [0.1, 0.15) is 32.4 Å². The molecule has 2 N–H and O–H groups in total. The molecule has 0 unspecified atom stereocenters. The molecule has 19 heteroatoms. The number of carbonyl (C=O) groups excluding carboxylic acids is 1. The Labute approximate surface area is 285 Å². The monoisotopic (exact) mass is 757 g/mol. The lowest BCUT2D eigenvalue weighted by Crippen LogP contribution is -2.14. The average molecular weight is 760 g/mol. The van der Waals surface area contributed by atoms with Crippen LogP contribution in [0.3, 0.4) is 0 Å². The van der Waals surface area contributed by atoms with Gasteiger partial charge in [0.1, 0.15) is 11.4 Å². The van der Waals surface area contributed by atoms with Crippen LogP contribution in [0.2, 0.25) is 25.1 Å². The van der Waals surface area contributed by atoms with Crippen LogP contribution in [0, 0.1) is 0 Å². The van der Waals surface area contributed by atoms with E-state index in [9.17, 15) is 35.9 Å². The molecule has 47 heavy (non-hydrogen) atoms. The Hall–Kier alpha value is -3.95. The van der Waals surface area contributed by atoms with Crippen LogP contribution < -0.4 is 5.32 Å². The van der Waals surface area contributed by atoms with Crippen molar-refractivity contribution in [1.82, 2.24) is 19.6 Å². The summed E-state index contributed by atoms with van der Waals surface area (Å²) in [6.07, 6.45) is -9.51. The minimum Gasteiger partial charge on any atom is -0.476 e. The van der Waals surface area contributed by atoms with Gasteiger partial charge in [0.2, 0.25) is 0 Å². The van der Waals surface area contributed by atoms with Gasteiger partial charge < -0.3 is 10.4 Å². The zero-order valence-corrected chi connectivity index (χ0v) is 26.4. The summed E-state index contributed by atoms with van der Waals surface area (Å²) in [5, 5.41) is 19.0. The summed E-state index contributed by atoms with van der Waals surface area (Å²) in [4.78, 5) is 23.1. The van der Waals surface area contributed by atoms with Gasteiger partial charge in [0.25, 0.3) is 5.91 Å². The van der Waals surface area contributed by atoms with Gasteiger partial charge in [-0.2, -0.15) is 36.5 Å². The Morgan fingerprint density at radius 3 is 1.49 bits per heavy atom. The smallest absolute Gasteiger partial charge is 0.433 e. The number of hydrogen-bond acceptors (Lipinski definition) is 4. The highest BCUT2D eigenvalue weighted by Crippen LogP contribution is 2.35. The van der Waals surface area contributed by atoms with Crippen LogP contribution in [-0.4, -0.2) is 36.5 Å². The van der Waals surface area contributed by atoms with E-state index in [1.54, 1.807) is 12.1 Å².